The summed E-state index contributed by atoms with van der Waals surface area (Å²) in [5, 5.41) is 2.33. The summed E-state index contributed by atoms with van der Waals surface area (Å²) in [5.74, 6) is 0.806. The zero-order valence-electron chi connectivity index (χ0n) is 8.77. The molecule has 0 bridgehead atoms. The molecule has 0 aliphatic carbocycles. The van der Waals surface area contributed by atoms with E-state index in [1.165, 1.54) is 0 Å². The van der Waals surface area contributed by atoms with Crippen LogP contribution in [0.3, 0.4) is 0 Å². The molecule has 1 atom stereocenters. The largest absolute Gasteiger partial charge is 0.497 e. The molecule has 0 saturated carbocycles. The maximum absolute atomic E-state index is 5.41. The van der Waals surface area contributed by atoms with Crippen molar-refractivity contribution in [3.05, 3.63) is 29.8 Å². The zero-order valence-corrected chi connectivity index (χ0v) is 9.58. The minimum atomic E-state index is -0.363. The van der Waals surface area contributed by atoms with Crippen molar-refractivity contribution in [3.63, 3.8) is 0 Å². The summed E-state index contributed by atoms with van der Waals surface area (Å²) in [7, 11) is 1.63. The van der Waals surface area contributed by atoms with Crippen LogP contribution in [0, 0.1) is 0 Å². The van der Waals surface area contributed by atoms with Crippen molar-refractivity contribution in [2.45, 2.75) is 13.2 Å². The normalized spacial score (nSPS) is 11.6. The molecule has 0 fully saturated rings. The molecule has 0 saturated heterocycles. The van der Waals surface area contributed by atoms with Crippen LogP contribution in [-0.2, 0) is 4.74 Å². The van der Waals surface area contributed by atoms with Gasteiger partial charge >= 0.3 is 0 Å². The molecule has 1 aromatic carbocycles. The number of aliphatic imine (C=N–C) groups is 1. The van der Waals surface area contributed by atoms with Gasteiger partial charge in [0.1, 0.15) is 5.75 Å². The summed E-state index contributed by atoms with van der Waals surface area (Å²) >= 11 is 4.57. The third-order valence-corrected chi connectivity index (χ3v) is 2.00. The molecule has 15 heavy (non-hydrogen) atoms. The fourth-order valence-electron chi connectivity index (χ4n) is 1.18. The van der Waals surface area contributed by atoms with E-state index in [9.17, 15) is 0 Å². The van der Waals surface area contributed by atoms with Crippen molar-refractivity contribution in [2.24, 2.45) is 4.99 Å². The Kier molecular flexibility index (Phi) is 4.98. The number of rotatable bonds is 5. The summed E-state index contributed by atoms with van der Waals surface area (Å²) in [5.41, 5.74) is 0.940. The van der Waals surface area contributed by atoms with Gasteiger partial charge in [0.05, 0.1) is 12.3 Å². The Morgan fingerprint density at radius 1 is 1.40 bits per heavy atom. The molecule has 0 radical (unpaired) electrons. The van der Waals surface area contributed by atoms with Crippen molar-refractivity contribution in [3.8, 4) is 5.75 Å². The zero-order chi connectivity index (χ0) is 11.1. The van der Waals surface area contributed by atoms with Crippen molar-refractivity contribution >= 4 is 17.4 Å². The van der Waals surface area contributed by atoms with Crippen LogP contribution in [0.25, 0.3) is 0 Å². The third kappa shape index (κ3) is 3.44. The monoisotopic (exact) mass is 223 g/mol. The third-order valence-electron chi connectivity index (χ3n) is 1.90. The van der Waals surface area contributed by atoms with Gasteiger partial charge < -0.3 is 9.47 Å². The summed E-state index contributed by atoms with van der Waals surface area (Å²) in [6.45, 7) is 2.49. The molecule has 0 aliphatic heterocycles. The highest BCUT2D eigenvalue weighted by atomic mass is 32.1. The second-order valence-corrected chi connectivity index (χ2v) is 2.98. The standard InChI is InChI=1S/C11H13NO2S/c1-3-14-11(12-8-15)9-4-6-10(13-2)7-5-9/h4-7,11H,3H2,1-2H3. The average Bonchev–Trinajstić information content (AvgIpc) is 2.29. The highest BCUT2D eigenvalue weighted by molar-refractivity contribution is 7.78. The van der Waals surface area contributed by atoms with Gasteiger partial charge in [-0.05, 0) is 31.3 Å². The molecule has 0 N–H and O–H groups in total. The van der Waals surface area contributed by atoms with E-state index in [0.717, 1.165) is 11.3 Å². The molecule has 80 valence electrons. The van der Waals surface area contributed by atoms with Crippen LogP contribution in [-0.4, -0.2) is 18.9 Å². The lowest BCUT2D eigenvalue weighted by molar-refractivity contribution is 0.0700. The number of thiocarbonyl (C=S) groups is 1. The first kappa shape index (κ1) is 11.9. The Morgan fingerprint density at radius 3 is 2.53 bits per heavy atom. The average molecular weight is 223 g/mol. The van der Waals surface area contributed by atoms with Gasteiger partial charge in [-0.1, -0.05) is 12.1 Å². The first-order chi connectivity index (χ1) is 7.31. The smallest absolute Gasteiger partial charge is 0.183 e. The van der Waals surface area contributed by atoms with Gasteiger partial charge in [0.15, 0.2) is 6.23 Å². The van der Waals surface area contributed by atoms with Gasteiger partial charge in [-0.25, -0.2) is 0 Å². The predicted octanol–water partition coefficient (Wildman–Crippen LogP) is 2.83. The lowest BCUT2D eigenvalue weighted by Gasteiger charge is -2.11. The Morgan fingerprint density at radius 2 is 2.07 bits per heavy atom. The Hall–Kier alpha value is -1.22. The minimum Gasteiger partial charge on any atom is -0.497 e. The number of hydrogen-bond donors (Lipinski definition) is 0. The highest BCUT2D eigenvalue weighted by Crippen LogP contribution is 2.21. The van der Waals surface area contributed by atoms with Crippen LogP contribution in [0.4, 0.5) is 0 Å². The van der Waals surface area contributed by atoms with Crippen LogP contribution in [0.15, 0.2) is 29.3 Å². The van der Waals surface area contributed by atoms with E-state index in [0.29, 0.717) is 6.61 Å². The molecule has 3 nitrogen and oxygen atoms in total. The second kappa shape index (κ2) is 6.30. The van der Waals surface area contributed by atoms with Gasteiger partial charge in [0, 0.05) is 12.2 Å². The molecular weight excluding hydrogens is 210 g/mol. The molecule has 1 unspecified atom stereocenters. The Bertz CT molecular complexity index is 344. The van der Waals surface area contributed by atoms with E-state index < -0.39 is 0 Å². The van der Waals surface area contributed by atoms with E-state index in [1.807, 2.05) is 31.2 Å². The Labute approximate surface area is 94.7 Å². The maximum atomic E-state index is 5.41. The summed E-state index contributed by atoms with van der Waals surface area (Å²) in [4.78, 5) is 3.94. The van der Waals surface area contributed by atoms with Crippen molar-refractivity contribution in [1.82, 2.24) is 0 Å². The molecule has 0 amide bonds. The number of ether oxygens (including phenoxy) is 2. The minimum absolute atomic E-state index is 0.363. The number of hydrogen-bond acceptors (Lipinski definition) is 4. The fraction of sp³-hybridized carbons (Fsp3) is 0.364. The molecule has 0 spiro atoms. The van der Waals surface area contributed by atoms with Crippen LogP contribution in [0.2, 0.25) is 0 Å². The Balaban J connectivity index is 2.85. The van der Waals surface area contributed by atoms with Crippen molar-refractivity contribution in [1.29, 1.82) is 0 Å². The first-order valence-corrected chi connectivity index (χ1v) is 5.05. The van der Waals surface area contributed by atoms with Crippen LogP contribution < -0.4 is 4.74 Å². The van der Waals surface area contributed by atoms with Gasteiger partial charge in [0.2, 0.25) is 0 Å². The molecule has 0 aliphatic rings. The van der Waals surface area contributed by atoms with Crippen molar-refractivity contribution < 1.29 is 9.47 Å². The van der Waals surface area contributed by atoms with Gasteiger partial charge in [0.25, 0.3) is 0 Å². The van der Waals surface area contributed by atoms with Crippen LogP contribution in [0.5, 0.6) is 5.75 Å². The number of isothiocyanates is 1. The van der Waals surface area contributed by atoms with Gasteiger partial charge in [-0.2, -0.15) is 4.99 Å². The molecule has 4 heteroatoms. The van der Waals surface area contributed by atoms with Crippen molar-refractivity contribution in [2.75, 3.05) is 13.7 Å². The maximum Gasteiger partial charge on any atom is 0.183 e. The first-order valence-electron chi connectivity index (χ1n) is 4.64. The van der Waals surface area contributed by atoms with E-state index in [-0.39, 0.29) is 6.23 Å². The number of benzene rings is 1. The predicted molar refractivity (Wildman–Crippen MR) is 62.4 cm³/mol. The SMILES string of the molecule is CCOC(N=C=S)c1ccc(OC)cc1. The van der Waals surface area contributed by atoms with Crippen LogP contribution >= 0.6 is 12.2 Å². The lowest BCUT2D eigenvalue weighted by atomic mass is 10.2. The van der Waals surface area contributed by atoms with Gasteiger partial charge in [-0.3, -0.25) is 0 Å². The molecular formula is C11H13NO2S. The van der Waals surface area contributed by atoms with Crippen LogP contribution in [0.1, 0.15) is 18.7 Å². The number of nitrogens with zero attached hydrogens (tertiary/aromatic N) is 1. The molecule has 0 heterocycles. The molecule has 0 aromatic heterocycles. The molecule has 1 aromatic rings. The fourth-order valence-corrected chi connectivity index (χ4v) is 1.28. The lowest BCUT2D eigenvalue weighted by Crippen LogP contribution is -2.00. The highest BCUT2D eigenvalue weighted by Gasteiger charge is 2.08. The van der Waals surface area contributed by atoms with Gasteiger partial charge in [-0.15, -0.1) is 0 Å². The molecule has 1 rings (SSSR count). The summed E-state index contributed by atoms with van der Waals surface area (Å²) in [6.07, 6.45) is -0.363. The van der Waals surface area contributed by atoms with E-state index in [2.05, 4.69) is 22.4 Å². The summed E-state index contributed by atoms with van der Waals surface area (Å²) < 4.78 is 10.5. The van der Waals surface area contributed by atoms with E-state index >= 15 is 0 Å². The van der Waals surface area contributed by atoms with E-state index in [4.69, 9.17) is 9.47 Å². The summed E-state index contributed by atoms with van der Waals surface area (Å²) in [6, 6.07) is 7.52. The second-order valence-electron chi connectivity index (χ2n) is 2.80. The number of methoxy groups -OCH3 is 1. The topological polar surface area (TPSA) is 30.8 Å². The quantitative estimate of drug-likeness (QED) is 0.568. The van der Waals surface area contributed by atoms with E-state index in [1.54, 1.807) is 7.11 Å².